The van der Waals surface area contributed by atoms with Crippen LogP contribution in [0.15, 0.2) is 18.2 Å². The zero-order valence-electron chi connectivity index (χ0n) is 10.1. The molecule has 5 heteroatoms. The fourth-order valence-corrected chi connectivity index (χ4v) is 1.29. The lowest BCUT2D eigenvalue weighted by Crippen LogP contribution is -2.27. The molecule has 1 aromatic carbocycles. The van der Waals surface area contributed by atoms with Gasteiger partial charge in [0.1, 0.15) is 5.82 Å². The summed E-state index contributed by atoms with van der Waals surface area (Å²) in [6.45, 7) is 0.917. The quantitative estimate of drug-likeness (QED) is 0.604. The Morgan fingerprint density at radius 1 is 1.56 bits per heavy atom. The maximum Gasteiger partial charge on any atom is 0.254 e. The van der Waals surface area contributed by atoms with Crippen LogP contribution in [0.5, 0.6) is 0 Å². The molecule has 18 heavy (non-hydrogen) atoms. The molecule has 0 spiro atoms. The first kappa shape index (κ1) is 14.2. The van der Waals surface area contributed by atoms with Crippen LogP contribution in [0.2, 0.25) is 0 Å². The highest BCUT2D eigenvalue weighted by molar-refractivity contribution is 5.94. The number of rotatable bonds is 4. The molecule has 0 fully saturated rings. The summed E-state index contributed by atoms with van der Waals surface area (Å²) in [6.07, 6.45) is 0. The average Bonchev–Trinajstić information content (AvgIpc) is 2.38. The Morgan fingerprint density at radius 3 is 3.00 bits per heavy atom. The van der Waals surface area contributed by atoms with Gasteiger partial charge in [-0.2, -0.15) is 0 Å². The minimum absolute atomic E-state index is 0.0325. The van der Waals surface area contributed by atoms with Crippen LogP contribution in [0, 0.1) is 17.7 Å². The number of carbonyl (C=O) groups is 1. The van der Waals surface area contributed by atoms with E-state index in [1.807, 2.05) is 0 Å². The van der Waals surface area contributed by atoms with Crippen LogP contribution in [-0.4, -0.2) is 32.7 Å². The lowest BCUT2D eigenvalue weighted by Gasteiger charge is -2.05. The van der Waals surface area contributed by atoms with E-state index < -0.39 is 11.7 Å². The second-order valence-electron chi connectivity index (χ2n) is 3.45. The zero-order chi connectivity index (χ0) is 13.4. The van der Waals surface area contributed by atoms with Crippen molar-refractivity contribution in [2.75, 3.05) is 26.8 Å². The van der Waals surface area contributed by atoms with Gasteiger partial charge in [0.25, 0.3) is 5.91 Å². The minimum atomic E-state index is -0.580. The van der Waals surface area contributed by atoms with E-state index in [1.54, 1.807) is 0 Å². The maximum absolute atomic E-state index is 13.5. The van der Waals surface area contributed by atoms with E-state index in [1.165, 1.54) is 25.3 Å². The van der Waals surface area contributed by atoms with E-state index >= 15 is 0 Å². The smallest absolute Gasteiger partial charge is 0.254 e. The van der Waals surface area contributed by atoms with Crippen LogP contribution in [0.4, 0.5) is 4.39 Å². The second-order valence-corrected chi connectivity index (χ2v) is 3.45. The molecule has 0 bridgehead atoms. The van der Waals surface area contributed by atoms with Crippen molar-refractivity contribution in [1.29, 1.82) is 0 Å². The van der Waals surface area contributed by atoms with Gasteiger partial charge < -0.3 is 15.8 Å². The van der Waals surface area contributed by atoms with Crippen LogP contribution in [0.3, 0.4) is 0 Å². The van der Waals surface area contributed by atoms with E-state index in [-0.39, 0.29) is 12.1 Å². The molecule has 0 radical (unpaired) electrons. The molecular formula is C13H15FN2O2. The third-order valence-electron chi connectivity index (χ3n) is 2.14. The summed E-state index contributed by atoms with van der Waals surface area (Å²) in [4.78, 5) is 11.7. The first-order chi connectivity index (χ1) is 8.69. The number of halogens is 1. The molecule has 0 aromatic heterocycles. The number of methoxy groups -OCH3 is 1. The maximum atomic E-state index is 13.5. The van der Waals surface area contributed by atoms with Crippen LogP contribution < -0.4 is 11.1 Å². The Labute approximate surface area is 105 Å². The molecule has 3 N–H and O–H groups in total. The molecule has 1 amide bonds. The Balaban J connectivity index is 2.83. The Kier molecular flexibility index (Phi) is 5.85. The minimum Gasteiger partial charge on any atom is -0.383 e. The van der Waals surface area contributed by atoms with E-state index in [4.69, 9.17) is 10.5 Å². The van der Waals surface area contributed by atoms with Gasteiger partial charge in [-0.05, 0) is 18.2 Å². The number of amides is 1. The highest BCUT2D eigenvalue weighted by Gasteiger charge is 2.11. The standard InChI is InChI=1S/C13H15FN2O2/c1-18-8-7-16-13(17)11-9-10(3-2-6-15)4-5-12(11)14/h4-5,9H,6-8,15H2,1H3,(H,16,17). The molecule has 0 aliphatic carbocycles. The third-order valence-corrected chi connectivity index (χ3v) is 2.14. The molecule has 1 aromatic rings. The Hall–Kier alpha value is -1.90. The number of nitrogens with two attached hydrogens (primary N) is 1. The van der Waals surface area contributed by atoms with Gasteiger partial charge in [-0.15, -0.1) is 0 Å². The van der Waals surface area contributed by atoms with E-state index in [0.717, 1.165) is 0 Å². The highest BCUT2D eigenvalue weighted by Crippen LogP contribution is 2.09. The van der Waals surface area contributed by atoms with Crippen LogP contribution in [-0.2, 0) is 4.74 Å². The van der Waals surface area contributed by atoms with Gasteiger partial charge in [-0.3, -0.25) is 4.79 Å². The van der Waals surface area contributed by atoms with Crippen molar-refractivity contribution in [3.63, 3.8) is 0 Å². The molecule has 1 rings (SSSR count). The second kappa shape index (κ2) is 7.43. The normalized spacial score (nSPS) is 9.50. The fraction of sp³-hybridized carbons (Fsp3) is 0.308. The van der Waals surface area contributed by atoms with Crippen molar-refractivity contribution in [2.45, 2.75) is 0 Å². The largest absolute Gasteiger partial charge is 0.383 e. The van der Waals surface area contributed by atoms with Gasteiger partial charge in [0, 0.05) is 19.2 Å². The first-order valence-corrected chi connectivity index (χ1v) is 5.44. The van der Waals surface area contributed by atoms with Crippen LogP contribution in [0.1, 0.15) is 15.9 Å². The molecule has 0 saturated carbocycles. The predicted molar refractivity (Wildman–Crippen MR) is 66.5 cm³/mol. The monoisotopic (exact) mass is 250 g/mol. The fourth-order valence-electron chi connectivity index (χ4n) is 1.29. The average molecular weight is 250 g/mol. The summed E-state index contributed by atoms with van der Waals surface area (Å²) in [6, 6.07) is 4.12. The van der Waals surface area contributed by atoms with Crippen molar-refractivity contribution in [2.24, 2.45) is 5.73 Å². The molecular weight excluding hydrogens is 235 g/mol. The van der Waals surface area contributed by atoms with Gasteiger partial charge in [0.05, 0.1) is 18.7 Å². The molecule has 4 nitrogen and oxygen atoms in total. The summed E-state index contributed by atoms with van der Waals surface area (Å²) in [5.41, 5.74) is 5.77. The first-order valence-electron chi connectivity index (χ1n) is 5.44. The van der Waals surface area contributed by atoms with Crippen molar-refractivity contribution in [1.82, 2.24) is 5.32 Å². The zero-order valence-corrected chi connectivity index (χ0v) is 10.1. The molecule has 0 atom stereocenters. The Morgan fingerprint density at radius 2 is 2.33 bits per heavy atom. The summed E-state index contributed by atoms with van der Waals surface area (Å²) < 4.78 is 18.3. The molecule has 0 aliphatic rings. The van der Waals surface area contributed by atoms with Crippen molar-refractivity contribution in [3.05, 3.63) is 35.1 Å². The molecule has 0 unspecified atom stereocenters. The Bertz CT molecular complexity index is 478. The van der Waals surface area contributed by atoms with Crippen LogP contribution in [0.25, 0.3) is 0 Å². The summed E-state index contributed by atoms with van der Waals surface area (Å²) in [7, 11) is 1.52. The van der Waals surface area contributed by atoms with Crippen molar-refractivity contribution in [3.8, 4) is 11.8 Å². The number of hydrogen-bond acceptors (Lipinski definition) is 3. The van der Waals surface area contributed by atoms with Crippen molar-refractivity contribution < 1.29 is 13.9 Å². The van der Waals surface area contributed by atoms with Crippen molar-refractivity contribution >= 4 is 5.91 Å². The number of benzene rings is 1. The molecule has 96 valence electrons. The number of carbonyl (C=O) groups excluding carboxylic acids is 1. The third kappa shape index (κ3) is 4.17. The van der Waals surface area contributed by atoms with Gasteiger partial charge in [-0.1, -0.05) is 11.8 Å². The lowest BCUT2D eigenvalue weighted by molar-refractivity contribution is 0.0933. The lowest BCUT2D eigenvalue weighted by atomic mass is 10.1. The number of hydrogen-bond donors (Lipinski definition) is 2. The van der Waals surface area contributed by atoms with Gasteiger partial charge in [0.15, 0.2) is 0 Å². The SMILES string of the molecule is COCCNC(=O)c1cc(C#CCN)ccc1F. The van der Waals surface area contributed by atoms with Gasteiger partial charge >= 0.3 is 0 Å². The molecule has 0 heterocycles. The van der Waals surface area contributed by atoms with Gasteiger partial charge in [0.2, 0.25) is 0 Å². The highest BCUT2D eigenvalue weighted by atomic mass is 19.1. The molecule has 0 aliphatic heterocycles. The summed E-state index contributed by atoms with van der Waals surface area (Å²) in [5.74, 6) is 4.33. The van der Waals surface area contributed by atoms with Crippen LogP contribution >= 0.6 is 0 Å². The number of nitrogens with one attached hydrogen (secondary N) is 1. The summed E-state index contributed by atoms with van der Waals surface area (Å²) >= 11 is 0. The van der Waals surface area contributed by atoms with Gasteiger partial charge in [-0.25, -0.2) is 4.39 Å². The predicted octanol–water partition coefficient (Wildman–Crippen LogP) is 0.512. The topological polar surface area (TPSA) is 64.3 Å². The van der Waals surface area contributed by atoms with E-state index in [2.05, 4.69) is 17.2 Å². The van der Waals surface area contributed by atoms with E-state index in [9.17, 15) is 9.18 Å². The number of ether oxygens (including phenoxy) is 1. The summed E-state index contributed by atoms with van der Waals surface area (Å²) in [5, 5.41) is 2.55. The molecule has 0 saturated heterocycles. The van der Waals surface area contributed by atoms with E-state index in [0.29, 0.717) is 18.7 Å².